The molecule has 0 atom stereocenters. The van der Waals surface area contributed by atoms with E-state index in [1.807, 2.05) is 0 Å². The first kappa shape index (κ1) is 23.9. The van der Waals surface area contributed by atoms with Crippen molar-refractivity contribution >= 4 is 40.1 Å². The van der Waals surface area contributed by atoms with Crippen molar-refractivity contribution in [2.24, 2.45) is 23.0 Å². The summed E-state index contributed by atoms with van der Waals surface area (Å²) in [6, 6.07) is 7.59. The van der Waals surface area contributed by atoms with Gasteiger partial charge in [-0.15, -0.1) is 10.2 Å². The largest absolute Gasteiger partial charge is 0.465 e. The molecule has 0 aliphatic heterocycles. The maximum absolute atomic E-state index is 12.4. The Kier molecular flexibility index (Phi) is 6.63. The van der Waals surface area contributed by atoms with E-state index in [2.05, 4.69) is 25.3 Å². The van der Waals surface area contributed by atoms with Gasteiger partial charge < -0.3 is 19.9 Å². The van der Waals surface area contributed by atoms with Gasteiger partial charge in [-0.2, -0.15) is 5.10 Å². The van der Waals surface area contributed by atoms with E-state index in [9.17, 15) is 14.4 Å². The van der Waals surface area contributed by atoms with Gasteiger partial charge in [-0.05, 0) is 29.7 Å². The highest BCUT2D eigenvalue weighted by Crippen LogP contribution is 2.42. The number of rotatable bonds is 7. The zero-order chi connectivity index (χ0) is 25.8. The Morgan fingerprint density at radius 3 is 2.36 bits per heavy atom. The summed E-state index contributed by atoms with van der Waals surface area (Å²) in [4.78, 5) is 44.7. The number of amides is 1. The minimum absolute atomic E-state index is 0.0656. The Balaban J connectivity index is 1.98. The van der Waals surface area contributed by atoms with Gasteiger partial charge in [-0.3, -0.25) is 4.79 Å². The number of hydrogen-bond donors (Lipinski definition) is 1. The van der Waals surface area contributed by atoms with Gasteiger partial charge in [-0.1, -0.05) is 6.07 Å². The zero-order valence-corrected chi connectivity index (χ0v) is 19.3. The molecule has 0 bridgehead atoms. The lowest BCUT2D eigenvalue weighted by Gasteiger charge is -2.13. The number of azo groups is 1. The molecule has 4 aromatic rings. The van der Waals surface area contributed by atoms with Crippen molar-refractivity contribution in [3.05, 3.63) is 65.6 Å². The van der Waals surface area contributed by atoms with Crippen molar-refractivity contribution in [3.63, 3.8) is 0 Å². The smallest absolute Gasteiger partial charge is 0.343 e. The van der Waals surface area contributed by atoms with E-state index in [4.69, 9.17) is 19.9 Å². The van der Waals surface area contributed by atoms with Gasteiger partial charge in [0.1, 0.15) is 11.3 Å². The molecule has 2 N–H and O–H groups in total. The third-order valence-corrected chi connectivity index (χ3v) is 5.05. The molecule has 0 unspecified atom stereocenters. The number of ether oxygens (including phenoxy) is 3. The number of aromatic nitrogens is 4. The lowest BCUT2D eigenvalue weighted by Crippen LogP contribution is -2.13. The number of primary amides is 1. The van der Waals surface area contributed by atoms with Crippen molar-refractivity contribution in [2.45, 2.75) is 0 Å². The van der Waals surface area contributed by atoms with Crippen LogP contribution in [0.25, 0.3) is 10.8 Å². The lowest BCUT2D eigenvalue weighted by atomic mass is 10.0. The number of carbonyl (C=O) groups is 3. The van der Waals surface area contributed by atoms with E-state index in [1.165, 1.54) is 55.7 Å². The number of fused-ring (bicyclic) bond motifs is 1. The molecule has 182 valence electrons. The minimum Gasteiger partial charge on any atom is -0.465 e. The topological polar surface area (TPSA) is 173 Å². The standard InChI is InChI=1S/C23H19N7O6/c1-30-20(16(11-27-30)22(33)35-3)29-28-17-14-6-5-12(21(32)34-2)9-13(14)10-15(19(24)31)18(17)36-23-25-7-4-8-26-23/h4-11H,1-3H3,(H2,24,31). The number of methoxy groups -OCH3 is 2. The van der Waals surface area contributed by atoms with E-state index in [-0.39, 0.29) is 40.0 Å². The lowest BCUT2D eigenvalue weighted by molar-refractivity contribution is 0.0592. The summed E-state index contributed by atoms with van der Waals surface area (Å²) in [6.45, 7) is 0. The molecule has 2 aromatic carbocycles. The second kappa shape index (κ2) is 9.97. The van der Waals surface area contributed by atoms with Gasteiger partial charge in [0, 0.05) is 24.8 Å². The summed E-state index contributed by atoms with van der Waals surface area (Å²) >= 11 is 0. The van der Waals surface area contributed by atoms with Crippen molar-refractivity contribution in [2.75, 3.05) is 14.2 Å². The van der Waals surface area contributed by atoms with E-state index >= 15 is 0 Å². The summed E-state index contributed by atoms with van der Waals surface area (Å²) < 4.78 is 16.7. The zero-order valence-electron chi connectivity index (χ0n) is 19.3. The van der Waals surface area contributed by atoms with Crippen molar-refractivity contribution < 1.29 is 28.6 Å². The molecule has 0 aliphatic rings. The van der Waals surface area contributed by atoms with Crippen molar-refractivity contribution in [1.29, 1.82) is 0 Å². The molecule has 4 rings (SSSR count). The van der Waals surface area contributed by atoms with Crippen LogP contribution in [0.2, 0.25) is 0 Å². The van der Waals surface area contributed by atoms with E-state index in [0.717, 1.165) is 0 Å². The molecule has 0 radical (unpaired) electrons. The van der Waals surface area contributed by atoms with Gasteiger partial charge in [0.15, 0.2) is 11.6 Å². The van der Waals surface area contributed by atoms with Crippen LogP contribution in [0.15, 0.2) is 59.2 Å². The Bertz CT molecular complexity index is 1510. The first-order chi connectivity index (χ1) is 17.3. The number of nitrogens with zero attached hydrogens (tertiary/aromatic N) is 6. The Hall–Kier alpha value is -5.20. The van der Waals surface area contributed by atoms with Crippen LogP contribution in [0.1, 0.15) is 31.1 Å². The number of esters is 2. The first-order valence-corrected chi connectivity index (χ1v) is 10.3. The molecule has 0 spiro atoms. The van der Waals surface area contributed by atoms with Gasteiger partial charge in [0.05, 0.1) is 31.5 Å². The summed E-state index contributed by atoms with van der Waals surface area (Å²) in [7, 11) is 4.05. The molecule has 13 heteroatoms. The fourth-order valence-corrected chi connectivity index (χ4v) is 3.33. The molecular weight excluding hydrogens is 470 g/mol. The van der Waals surface area contributed by atoms with Crippen LogP contribution in [0.5, 0.6) is 11.8 Å². The maximum atomic E-state index is 12.4. The molecule has 0 aliphatic carbocycles. The molecular formula is C23H19N7O6. The second-order valence-corrected chi connectivity index (χ2v) is 7.22. The Morgan fingerprint density at radius 1 is 0.972 bits per heavy atom. The highest BCUT2D eigenvalue weighted by Gasteiger charge is 2.23. The highest BCUT2D eigenvalue weighted by molar-refractivity contribution is 6.08. The van der Waals surface area contributed by atoms with Gasteiger partial charge in [-0.25, -0.2) is 24.2 Å². The maximum Gasteiger partial charge on any atom is 0.343 e. The quantitative estimate of drug-likeness (QED) is 0.302. The summed E-state index contributed by atoms with van der Waals surface area (Å²) in [5, 5.41) is 13.4. The van der Waals surface area contributed by atoms with Crippen LogP contribution in [-0.4, -0.2) is 51.8 Å². The number of benzene rings is 2. The average Bonchev–Trinajstić information content (AvgIpc) is 3.26. The fourth-order valence-electron chi connectivity index (χ4n) is 3.33. The molecule has 0 fully saturated rings. The number of aryl methyl sites for hydroxylation is 1. The highest BCUT2D eigenvalue weighted by atomic mass is 16.5. The number of carbonyl (C=O) groups excluding carboxylic acids is 3. The predicted octanol–water partition coefficient (Wildman–Crippen LogP) is 3.24. The summed E-state index contributed by atoms with van der Waals surface area (Å²) in [5.41, 5.74) is 5.96. The van der Waals surface area contributed by atoms with Crippen LogP contribution in [0.3, 0.4) is 0 Å². The van der Waals surface area contributed by atoms with E-state index < -0.39 is 17.8 Å². The Morgan fingerprint density at radius 2 is 1.69 bits per heavy atom. The van der Waals surface area contributed by atoms with Crippen molar-refractivity contribution in [1.82, 2.24) is 19.7 Å². The second-order valence-electron chi connectivity index (χ2n) is 7.22. The Labute approximate surface area is 203 Å². The molecule has 13 nitrogen and oxygen atoms in total. The molecule has 36 heavy (non-hydrogen) atoms. The monoisotopic (exact) mass is 489 g/mol. The molecule has 2 aromatic heterocycles. The first-order valence-electron chi connectivity index (χ1n) is 10.3. The fraction of sp³-hybridized carbons (Fsp3) is 0.130. The SMILES string of the molecule is COC(=O)c1ccc2c(N=Nc3c(C(=O)OC)cnn3C)c(Oc3ncccn3)c(C(N)=O)cc2c1. The van der Waals surface area contributed by atoms with Gasteiger partial charge >= 0.3 is 17.9 Å². The minimum atomic E-state index is -0.835. The average molecular weight is 489 g/mol. The normalized spacial score (nSPS) is 11.0. The molecule has 0 saturated heterocycles. The van der Waals surface area contributed by atoms with Crippen LogP contribution in [-0.2, 0) is 16.5 Å². The summed E-state index contributed by atoms with van der Waals surface area (Å²) in [6.07, 6.45) is 4.20. The third-order valence-electron chi connectivity index (χ3n) is 5.05. The number of nitrogens with two attached hydrogens (primary N) is 1. The van der Waals surface area contributed by atoms with E-state index in [1.54, 1.807) is 19.2 Å². The van der Waals surface area contributed by atoms with Crippen LogP contribution >= 0.6 is 0 Å². The molecule has 2 heterocycles. The van der Waals surface area contributed by atoms with E-state index in [0.29, 0.717) is 10.8 Å². The number of hydrogen-bond acceptors (Lipinski definition) is 11. The molecule has 1 amide bonds. The van der Waals surface area contributed by atoms with Crippen LogP contribution in [0, 0.1) is 0 Å². The predicted molar refractivity (Wildman–Crippen MR) is 125 cm³/mol. The molecule has 0 saturated carbocycles. The summed E-state index contributed by atoms with van der Waals surface area (Å²) in [5.74, 6) is -2.05. The van der Waals surface area contributed by atoms with Gasteiger partial charge in [0.2, 0.25) is 0 Å². The van der Waals surface area contributed by atoms with Crippen LogP contribution in [0.4, 0.5) is 11.5 Å². The van der Waals surface area contributed by atoms with Crippen LogP contribution < -0.4 is 10.5 Å². The van der Waals surface area contributed by atoms with Crippen molar-refractivity contribution in [3.8, 4) is 11.8 Å². The van der Waals surface area contributed by atoms with Gasteiger partial charge in [0.25, 0.3) is 5.91 Å². The third kappa shape index (κ3) is 4.57.